The summed E-state index contributed by atoms with van der Waals surface area (Å²) in [7, 11) is 0. The second kappa shape index (κ2) is 7.23. The lowest BCUT2D eigenvalue weighted by Gasteiger charge is -2.26. The molecule has 1 N–H and O–H groups in total. The Kier molecular flexibility index (Phi) is 5.34. The van der Waals surface area contributed by atoms with E-state index in [2.05, 4.69) is 73.2 Å². The van der Waals surface area contributed by atoms with Gasteiger partial charge in [-0.3, -0.25) is 4.98 Å². The van der Waals surface area contributed by atoms with Crippen LogP contribution in [-0.4, -0.2) is 17.6 Å². The summed E-state index contributed by atoms with van der Waals surface area (Å²) in [5.74, 6) is 0. The number of hydrogen-bond donors (Lipinski definition) is 1. The first-order valence-corrected chi connectivity index (χ1v) is 7.62. The quantitative estimate of drug-likeness (QED) is 0.867. The molecule has 0 saturated heterocycles. The predicted molar refractivity (Wildman–Crippen MR) is 90.1 cm³/mol. The molecule has 0 spiro atoms. The van der Waals surface area contributed by atoms with E-state index >= 15 is 0 Å². The number of pyridine rings is 1. The van der Waals surface area contributed by atoms with Gasteiger partial charge in [-0.2, -0.15) is 0 Å². The van der Waals surface area contributed by atoms with Gasteiger partial charge < -0.3 is 10.2 Å². The normalized spacial score (nSPS) is 10.9. The Morgan fingerprint density at radius 1 is 1.24 bits per heavy atom. The second-order valence-corrected chi connectivity index (χ2v) is 5.62. The Bertz CT molecular complexity index is 578. The van der Waals surface area contributed by atoms with Gasteiger partial charge in [0.2, 0.25) is 0 Å². The van der Waals surface area contributed by atoms with Crippen molar-refractivity contribution in [3.8, 4) is 0 Å². The van der Waals surface area contributed by atoms with Gasteiger partial charge in [0.1, 0.15) is 0 Å². The van der Waals surface area contributed by atoms with Crippen LogP contribution in [0.4, 0.5) is 11.4 Å². The Labute approximate surface area is 128 Å². The summed E-state index contributed by atoms with van der Waals surface area (Å²) in [6.45, 7) is 10.4. The van der Waals surface area contributed by atoms with Crippen LogP contribution in [0.3, 0.4) is 0 Å². The topological polar surface area (TPSA) is 28.2 Å². The van der Waals surface area contributed by atoms with Crippen molar-refractivity contribution >= 4 is 11.4 Å². The van der Waals surface area contributed by atoms with E-state index in [0.29, 0.717) is 6.04 Å². The third kappa shape index (κ3) is 4.05. The molecule has 1 heterocycles. The summed E-state index contributed by atoms with van der Waals surface area (Å²) < 4.78 is 0. The van der Waals surface area contributed by atoms with Crippen LogP contribution in [0.15, 0.2) is 42.7 Å². The minimum Gasteiger partial charge on any atom is -0.341 e. The number of rotatable bonds is 6. The highest BCUT2D eigenvalue weighted by Crippen LogP contribution is 2.28. The van der Waals surface area contributed by atoms with Crippen LogP contribution in [0.2, 0.25) is 0 Å². The SMILES string of the molecule is CCN(c1cccc(C)c1)c1ccncc1CNC(C)C. The molecule has 112 valence electrons. The van der Waals surface area contributed by atoms with Crippen LogP contribution in [0.1, 0.15) is 31.9 Å². The molecule has 2 rings (SSSR count). The highest BCUT2D eigenvalue weighted by molar-refractivity contribution is 5.66. The van der Waals surface area contributed by atoms with Crippen LogP contribution in [0.25, 0.3) is 0 Å². The molecule has 1 aromatic carbocycles. The molecule has 0 aliphatic heterocycles. The monoisotopic (exact) mass is 283 g/mol. The highest BCUT2D eigenvalue weighted by atomic mass is 15.1. The minimum atomic E-state index is 0.465. The Morgan fingerprint density at radius 3 is 2.71 bits per heavy atom. The van der Waals surface area contributed by atoms with E-state index in [9.17, 15) is 0 Å². The molecule has 0 atom stereocenters. The zero-order valence-corrected chi connectivity index (χ0v) is 13.4. The molecule has 2 aromatic rings. The predicted octanol–water partition coefficient (Wildman–Crippen LogP) is 4.05. The summed E-state index contributed by atoms with van der Waals surface area (Å²) in [5.41, 5.74) is 4.97. The van der Waals surface area contributed by atoms with Gasteiger partial charge in [0.25, 0.3) is 0 Å². The highest BCUT2D eigenvalue weighted by Gasteiger charge is 2.12. The third-order valence-electron chi connectivity index (χ3n) is 3.50. The lowest BCUT2D eigenvalue weighted by Crippen LogP contribution is -2.24. The van der Waals surface area contributed by atoms with Gasteiger partial charge in [0.05, 0.1) is 0 Å². The molecule has 0 fully saturated rings. The summed E-state index contributed by atoms with van der Waals surface area (Å²) in [4.78, 5) is 6.62. The van der Waals surface area contributed by atoms with E-state index in [1.807, 2.05) is 12.4 Å². The average Bonchev–Trinajstić information content (AvgIpc) is 2.47. The van der Waals surface area contributed by atoms with Crippen molar-refractivity contribution in [1.29, 1.82) is 0 Å². The Hall–Kier alpha value is -1.87. The molecule has 1 aromatic heterocycles. The number of benzene rings is 1. The maximum Gasteiger partial charge on any atom is 0.0487 e. The molecule has 3 nitrogen and oxygen atoms in total. The molecule has 0 radical (unpaired) electrons. The molecule has 0 unspecified atom stereocenters. The van der Waals surface area contributed by atoms with Gasteiger partial charge in [-0.25, -0.2) is 0 Å². The summed E-state index contributed by atoms with van der Waals surface area (Å²) in [6.07, 6.45) is 3.83. The van der Waals surface area contributed by atoms with Gasteiger partial charge in [-0.15, -0.1) is 0 Å². The molecular weight excluding hydrogens is 258 g/mol. The fourth-order valence-corrected chi connectivity index (χ4v) is 2.42. The Morgan fingerprint density at radius 2 is 2.05 bits per heavy atom. The second-order valence-electron chi connectivity index (χ2n) is 5.62. The molecule has 3 heteroatoms. The molecule has 21 heavy (non-hydrogen) atoms. The maximum atomic E-state index is 4.28. The number of nitrogens with one attached hydrogen (secondary N) is 1. The largest absolute Gasteiger partial charge is 0.341 e. The molecule has 0 saturated carbocycles. The zero-order chi connectivity index (χ0) is 15.2. The summed E-state index contributed by atoms with van der Waals surface area (Å²) >= 11 is 0. The van der Waals surface area contributed by atoms with Crippen molar-refractivity contribution in [2.24, 2.45) is 0 Å². The first kappa shape index (κ1) is 15.5. The lowest BCUT2D eigenvalue weighted by atomic mass is 10.1. The van der Waals surface area contributed by atoms with Crippen LogP contribution < -0.4 is 10.2 Å². The van der Waals surface area contributed by atoms with Gasteiger partial charge >= 0.3 is 0 Å². The third-order valence-corrected chi connectivity index (χ3v) is 3.50. The molecule has 0 amide bonds. The number of aromatic nitrogens is 1. The number of anilines is 2. The van der Waals surface area contributed by atoms with E-state index < -0.39 is 0 Å². The zero-order valence-electron chi connectivity index (χ0n) is 13.4. The van der Waals surface area contributed by atoms with Crippen molar-refractivity contribution in [1.82, 2.24) is 10.3 Å². The first-order valence-electron chi connectivity index (χ1n) is 7.62. The van der Waals surface area contributed by atoms with Crippen LogP contribution in [-0.2, 0) is 6.54 Å². The van der Waals surface area contributed by atoms with Crippen molar-refractivity contribution in [3.63, 3.8) is 0 Å². The number of nitrogens with zero attached hydrogens (tertiary/aromatic N) is 2. The molecule has 0 bridgehead atoms. The maximum absolute atomic E-state index is 4.28. The summed E-state index contributed by atoms with van der Waals surface area (Å²) in [6, 6.07) is 11.2. The van der Waals surface area contributed by atoms with E-state index in [-0.39, 0.29) is 0 Å². The number of aryl methyl sites for hydroxylation is 1. The van der Waals surface area contributed by atoms with Crippen LogP contribution in [0.5, 0.6) is 0 Å². The fourth-order valence-electron chi connectivity index (χ4n) is 2.42. The Balaban J connectivity index is 2.33. The smallest absolute Gasteiger partial charge is 0.0487 e. The van der Waals surface area contributed by atoms with Crippen LogP contribution in [0, 0.1) is 6.92 Å². The van der Waals surface area contributed by atoms with E-state index in [1.54, 1.807) is 0 Å². The van der Waals surface area contributed by atoms with E-state index in [1.165, 1.54) is 22.5 Å². The standard InChI is InChI=1S/C18H25N3/c1-5-21(17-8-6-7-15(4)11-17)18-9-10-19-12-16(18)13-20-14(2)3/h6-12,14,20H,5,13H2,1-4H3. The van der Waals surface area contributed by atoms with Crippen molar-refractivity contribution < 1.29 is 0 Å². The average molecular weight is 283 g/mol. The molecular formula is C18H25N3. The van der Waals surface area contributed by atoms with Crippen molar-refractivity contribution in [2.75, 3.05) is 11.4 Å². The van der Waals surface area contributed by atoms with Gasteiger partial charge in [-0.1, -0.05) is 26.0 Å². The van der Waals surface area contributed by atoms with Crippen LogP contribution >= 0.6 is 0 Å². The summed E-state index contributed by atoms with van der Waals surface area (Å²) in [5, 5.41) is 3.48. The van der Waals surface area contributed by atoms with E-state index in [4.69, 9.17) is 0 Å². The molecule has 0 aliphatic rings. The first-order chi connectivity index (χ1) is 10.1. The van der Waals surface area contributed by atoms with Gasteiger partial charge in [0, 0.05) is 48.5 Å². The van der Waals surface area contributed by atoms with Gasteiger partial charge in [-0.05, 0) is 37.6 Å². The fraction of sp³-hybridized carbons (Fsp3) is 0.389. The van der Waals surface area contributed by atoms with Gasteiger partial charge in [0.15, 0.2) is 0 Å². The van der Waals surface area contributed by atoms with Crippen molar-refractivity contribution in [3.05, 3.63) is 53.9 Å². The minimum absolute atomic E-state index is 0.465. The van der Waals surface area contributed by atoms with Crippen molar-refractivity contribution in [2.45, 2.75) is 40.3 Å². The molecule has 0 aliphatic carbocycles. The number of hydrogen-bond acceptors (Lipinski definition) is 3. The lowest BCUT2D eigenvalue weighted by molar-refractivity contribution is 0.588. The van der Waals surface area contributed by atoms with E-state index in [0.717, 1.165) is 13.1 Å².